The average molecular weight is 527 g/mol. The first-order chi connectivity index (χ1) is 14.0. The Balaban J connectivity index is 0.00000320. The minimum atomic E-state index is -0.0331. The first-order valence-corrected chi connectivity index (χ1v) is 10.6. The van der Waals surface area contributed by atoms with Gasteiger partial charge in [0.15, 0.2) is 5.96 Å². The van der Waals surface area contributed by atoms with Gasteiger partial charge in [-0.3, -0.25) is 9.59 Å². The van der Waals surface area contributed by atoms with Gasteiger partial charge in [-0.2, -0.15) is 0 Å². The maximum atomic E-state index is 12.0. The van der Waals surface area contributed by atoms with Crippen LogP contribution in [0.3, 0.4) is 0 Å². The van der Waals surface area contributed by atoms with Crippen molar-refractivity contribution in [2.24, 2.45) is 4.99 Å². The van der Waals surface area contributed by atoms with E-state index >= 15 is 0 Å². The van der Waals surface area contributed by atoms with E-state index in [9.17, 15) is 9.59 Å². The summed E-state index contributed by atoms with van der Waals surface area (Å²) in [6, 6.07) is 9.00. The molecule has 2 atom stereocenters. The number of likely N-dealkylation sites (N-methyl/N-ethyl adjacent to an activating group) is 1. The zero-order valence-corrected chi connectivity index (χ0v) is 20.5. The van der Waals surface area contributed by atoms with Crippen LogP contribution < -0.4 is 10.6 Å². The number of carbonyl (C=O) groups is 2. The SMILES string of the molecule is CCC(=O)N1CCC(NC(=NCC(=O)N(C)C)NC2CCc3ccccc3C2)C1.I. The second-order valence-electron chi connectivity index (χ2n) is 8.13. The van der Waals surface area contributed by atoms with Crippen molar-refractivity contribution in [3.63, 3.8) is 0 Å². The quantitative estimate of drug-likeness (QED) is 0.348. The number of aliphatic imine (C=N–C) groups is 1. The molecule has 2 N–H and O–H groups in total. The molecule has 0 radical (unpaired) electrons. The van der Waals surface area contributed by atoms with Crippen LogP contribution in [0, 0.1) is 0 Å². The summed E-state index contributed by atoms with van der Waals surface area (Å²) < 4.78 is 0. The van der Waals surface area contributed by atoms with Crippen LogP contribution >= 0.6 is 24.0 Å². The molecule has 0 aromatic heterocycles. The summed E-state index contributed by atoms with van der Waals surface area (Å²) in [5, 5.41) is 7.01. The van der Waals surface area contributed by atoms with Gasteiger partial charge in [0.05, 0.1) is 0 Å². The number of carbonyl (C=O) groups excluding carboxylic acids is 2. The van der Waals surface area contributed by atoms with Gasteiger partial charge >= 0.3 is 0 Å². The topological polar surface area (TPSA) is 77.0 Å². The van der Waals surface area contributed by atoms with Crippen molar-refractivity contribution in [3.8, 4) is 0 Å². The van der Waals surface area contributed by atoms with Crippen molar-refractivity contribution >= 4 is 41.8 Å². The zero-order chi connectivity index (χ0) is 20.8. The first kappa shape index (κ1) is 24.4. The van der Waals surface area contributed by atoms with E-state index in [1.54, 1.807) is 19.0 Å². The van der Waals surface area contributed by atoms with Crippen LogP contribution in [0.1, 0.15) is 37.3 Å². The van der Waals surface area contributed by atoms with Gasteiger partial charge in [0.2, 0.25) is 11.8 Å². The number of guanidine groups is 1. The summed E-state index contributed by atoms with van der Waals surface area (Å²) in [4.78, 5) is 32.0. The molecule has 7 nitrogen and oxygen atoms in total. The molecule has 2 amide bonds. The number of rotatable bonds is 5. The van der Waals surface area contributed by atoms with E-state index in [1.165, 1.54) is 11.1 Å². The fourth-order valence-electron chi connectivity index (χ4n) is 3.96. The van der Waals surface area contributed by atoms with E-state index in [4.69, 9.17) is 0 Å². The van der Waals surface area contributed by atoms with E-state index in [1.807, 2.05) is 11.8 Å². The lowest BCUT2D eigenvalue weighted by Gasteiger charge is -2.28. The molecule has 1 aromatic carbocycles. The molecule has 166 valence electrons. The Morgan fingerprint density at radius 1 is 1.13 bits per heavy atom. The van der Waals surface area contributed by atoms with Crippen molar-refractivity contribution in [1.29, 1.82) is 0 Å². The summed E-state index contributed by atoms with van der Waals surface area (Å²) in [5.74, 6) is 0.821. The molecule has 0 bridgehead atoms. The molecule has 1 heterocycles. The summed E-state index contributed by atoms with van der Waals surface area (Å²) >= 11 is 0. The van der Waals surface area contributed by atoms with Gasteiger partial charge in [-0.1, -0.05) is 31.2 Å². The highest BCUT2D eigenvalue weighted by molar-refractivity contribution is 14.0. The van der Waals surface area contributed by atoms with Crippen molar-refractivity contribution < 1.29 is 9.59 Å². The van der Waals surface area contributed by atoms with Gasteiger partial charge in [0.1, 0.15) is 6.54 Å². The van der Waals surface area contributed by atoms with E-state index < -0.39 is 0 Å². The Kier molecular flexibility index (Phi) is 9.38. The van der Waals surface area contributed by atoms with E-state index in [0.717, 1.165) is 32.2 Å². The molecule has 2 aliphatic rings. The van der Waals surface area contributed by atoms with Crippen molar-refractivity contribution in [2.75, 3.05) is 33.7 Å². The molecule has 1 fully saturated rings. The first-order valence-electron chi connectivity index (χ1n) is 10.6. The average Bonchev–Trinajstić information content (AvgIpc) is 3.19. The molecule has 1 saturated heterocycles. The lowest BCUT2D eigenvalue weighted by molar-refractivity contribution is -0.130. The fraction of sp³-hybridized carbons (Fsp3) is 0.591. The Morgan fingerprint density at radius 3 is 2.53 bits per heavy atom. The number of likely N-dealkylation sites (tertiary alicyclic amines) is 1. The summed E-state index contributed by atoms with van der Waals surface area (Å²) in [6.45, 7) is 3.45. The molecule has 0 spiro atoms. The van der Waals surface area contributed by atoms with Crippen LogP contribution in [0.25, 0.3) is 0 Å². The number of benzene rings is 1. The highest BCUT2D eigenvalue weighted by Crippen LogP contribution is 2.21. The van der Waals surface area contributed by atoms with Gasteiger partial charge in [-0.25, -0.2) is 4.99 Å². The fourth-order valence-corrected chi connectivity index (χ4v) is 3.96. The van der Waals surface area contributed by atoms with Gasteiger partial charge in [0.25, 0.3) is 0 Å². The van der Waals surface area contributed by atoms with Crippen LogP contribution in [0.5, 0.6) is 0 Å². The molecule has 1 aliphatic heterocycles. The number of fused-ring (bicyclic) bond motifs is 1. The highest BCUT2D eigenvalue weighted by atomic mass is 127. The largest absolute Gasteiger partial charge is 0.353 e. The van der Waals surface area contributed by atoms with Gasteiger partial charge in [-0.15, -0.1) is 24.0 Å². The Hall–Kier alpha value is -1.84. The van der Waals surface area contributed by atoms with Crippen molar-refractivity contribution in [3.05, 3.63) is 35.4 Å². The summed E-state index contributed by atoms with van der Waals surface area (Å²) in [6.07, 6.45) is 4.44. The van der Waals surface area contributed by atoms with Crippen molar-refractivity contribution in [2.45, 2.75) is 51.1 Å². The van der Waals surface area contributed by atoms with Gasteiger partial charge < -0.3 is 20.4 Å². The predicted molar refractivity (Wildman–Crippen MR) is 130 cm³/mol. The summed E-state index contributed by atoms with van der Waals surface area (Å²) in [7, 11) is 3.48. The third-order valence-electron chi connectivity index (χ3n) is 5.74. The number of amides is 2. The van der Waals surface area contributed by atoms with E-state index in [0.29, 0.717) is 18.9 Å². The lowest BCUT2D eigenvalue weighted by atomic mass is 9.88. The van der Waals surface area contributed by atoms with E-state index in [-0.39, 0.29) is 54.4 Å². The van der Waals surface area contributed by atoms with Crippen LogP contribution in [0.2, 0.25) is 0 Å². The minimum absolute atomic E-state index is 0. The number of aryl methyl sites for hydroxylation is 1. The lowest BCUT2D eigenvalue weighted by Crippen LogP contribution is -2.50. The maximum Gasteiger partial charge on any atom is 0.243 e. The third-order valence-corrected chi connectivity index (χ3v) is 5.74. The van der Waals surface area contributed by atoms with Gasteiger partial charge in [0, 0.05) is 45.7 Å². The number of nitrogens with zero attached hydrogens (tertiary/aromatic N) is 3. The van der Waals surface area contributed by atoms with Crippen molar-refractivity contribution in [1.82, 2.24) is 20.4 Å². The van der Waals surface area contributed by atoms with E-state index in [2.05, 4.69) is 39.9 Å². The third kappa shape index (κ3) is 6.58. The molecule has 2 unspecified atom stereocenters. The number of hydrogen-bond donors (Lipinski definition) is 2. The zero-order valence-electron chi connectivity index (χ0n) is 18.2. The number of hydrogen-bond acceptors (Lipinski definition) is 3. The van der Waals surface area contributed by atoms with Crippen LogP contribution in [-0.2, 0) is 22.4 Å². The Bertz CT molecular complexity index is 768. The molecular weight excluding hydrogens is 493 g/mol. The van der Waals surface area contributed by atoms with Gasteiger partial charge in [-0.05, 0) is 36.8 Å². The Labute approximate surface area is 196 Å². The number of nitrogens with one attached hydrogen (secondary N) is 2. The minimum Gasteiger partial charge on any atom is -0.353 e. The summed E-state index contributed by atoms with van der Waals surface area (Å²) in [5.41, 5.74) is 2.80. The van der Waals surface area contributed by atoms with Crippen LogP contribution in [-0.4, -0.2) is 73.4 Å². The molecular formula is C22H34IN5O2. The predicted octanol–water partition coefficient (Wildman–Crippen LogP) is 1.80. The molecule has 1 aliphatic carbocycles. The standard InChI is InChI=1S/C22H33N5O2.HI/c1-4-20(28)27-12-11-19(15-27)25-22(23-14-21(29)26(2)3)24-18-10-9-16-7-5-6-8-17(16)13-18;/h5-8,18-19H,4,9-15H2,1-3H3,(H2,23,24,25);1H. The molecule has 30 heavy (non-hydrogen) atoms. The molecule has 3 rings (SSSR count). The number of halogens is 1. The van der Waals surface area contributed by atoms with Crippen LogP contribution in [0.15, 0.2) is 29.3 Å². The maximum absolute atomic E-state index is 12.0. The smallest absolute Gasteiger partial charge is 0.243 e. The monoisotopic (exact) mass is 527 g/mol. The second kappa shape index (κ2) is 11.5. The molecule has 8 heteroatoms. The highest BCUT2D eigenvalue weighted by Gasteiger charge is 2.27. The Morgan fingerprint density at radius 2 is 1.83 bits per heavy atom. The normalized spacial score (nSPS) is 20.8. The van der Waals surface area contributed by atoms with Crippen LogP contribution in [0.4, 0.5) is 0 Å². The molecule has 0 saturated carbocycles. The molecule has 1 aromatic rings. The second-order valence-corrected chi connectivity index (χ2v) is 8.13.